The Morgan fingerprint density at radius 1 is 1.09 bits per heavy atom. The molecule has 1 atom stereocenters. The lowest BCUT2D eigenvalue weighted by atomic mass is 9.98. The minimum absolute atomic E-state index is 0.0784. The van der Waals surface area contributed by atoms with E-state index in [4.69, 9.17) is 13.6 Å². The van der Waals surface area contributed by atoms with Crippen molar-refractivity contribution in [1.29, 1.82) is 0 Å². The van der Waals surface area contributed by atoms with Gasteiger partial charge in [-0.1, -0.05) is 59.7 Å². The third-order valence-electron chi connectivity index (χ3n) is 7.98. The predicted molar refractivity (Wildman–Crippen MR) is 149 cm³/mol. The summed E-state index contributed by atoms with van der Waals surface area (Å²) in [6, 6.07) is 9.12. The average Bonchev–Trinajstić information content (AvgIpc) is 3.16. The summed E-state index contributed by atoms with van der Waals surface area (Å²) in [5.41, 5.74) is 2.64. The van der Waals surface area contributed by atoms with Crippen molar-refractivity contribution in [2.75, 3.05) is 7.11 Å². The third-order valence-corrected chi connectivity index (χ3v) is 17.0. The van der Waals surface area contributed by atoms with Crippen molar-refractivity contribution in [2.24, 2.45) is 0 Å². The number of hydrogen-bond acceptors (Lipinski definition) is 5. The van der Waals surface area contributed by atoms with Crippen molar-refractivity contribution < 1.29 is 23.2 Å². The number of ether oxygens (including phenoxy) is 1. The van der Waals surface area contributed by atoms with Gasteiger partial charge in [-0.15, -0.1) is 0 Å². The zero-order chi connectivity index (χ0) is 26.4. The van der Waals surface area contributed by atoms with E-state index in [0.717, 1.165) is 35.0 Å². The number of esters is 1. The maximum absolute atomic E-state index is 13.3. The van der Waals surface area contributed by atoms with Gasteiger partial charge in [0, 0.05) is 24.0 Å². The van der Waals surface area contributed by atoms with Crippen LogP contribution in [0.25, 0.3) is 5.57 Å². The highest BCUT2D eigenvalue weighted by Gasteiger charge is 2.41. The number of methoxy groups -OCH3 is 1. The van der Waals surface area contributed by atoms with Crippen LogP contribution in [0.3, 0.4) is 0 Å². The Balaban J connectivity index is 2.48. The lowest BCUT2D eigenvalue weighted by Gasteiger charge is -2.37. The molecule has 0 saturated heterocycles. The standard InChI is InChI=1S/C28H46O5Si2/c1-10-35(11-2,12-3)33-27-21(16-14-18-26(30)31-7)15-13-17-23(27)24-19-22(20-25(24)29)32-34(8,9)28(4,5)6/h13,15,17,19,22H,10-12,14,16,18,20H2,1-9H3. The zero-order valence-corrected chi connectivity index (χ0v) is 25.4. The third kappa shape index (κ3) is 7.17. The molecule has 0 radical (unpaired) electrons. The number of hydrogen-bond donors (Lipinski definition) is 0. The van der Waals surface area contributed by atoms with Crippen LogP contribution in [0, 0.1) is 0 Å². The number of ketones is 1. The number of carbonyl (C=O) groups excluding carboxylic acids is 2. The maximum Gasteiger partial charge on any atom is 0.305 e. The molecule has 7 heteroatoms. The minimum Gasteiger partial charge on any atom is -0.543 e. The fourth-order valence-electron chi connectivity index (χ4n) is 4.32. The topological polar surface area (TPSA) is 61.8 Å². The summed E-state index contributed by atoms with van der Waals surface area (Å²) >= 11 is 0. The van der Waals surface area contributed by atoms with E-state index < -0.39 is 16.6 Å². The van der Waals surface area contributed by atoms with E-state index in [1.54, 1.807) is 0 Å². The van der Waals surface area contributed by atoms with Crippen LogP contribution in [0.15, 0.2) is 24.3 Å². The lowest BCUT2D eigenvalue weighted by Crippen LogP contribution is -2.43. The van der Waals surface area contributed by atoms with Gasteiger partial charge in [0.1, 0.15) is 5.75 Å². The summed E-state index contributed by atoms with van der Waals surface area (Å²) in [4.78, 5) is 24.9. The molecule has 196 valence electrons. The van der Waals surface area contributed by atoms with E-state index in [0.29, 0.717) is 31.3 Å². The highest BCUT2D eigenvalue weighted by molar-refractivity contribution is 6.74. The molecule has 0 amide bonds. The molecule has 0 N–H and O–H groups in total. The van der Waals surface area contributed by atoms with Crippen LogP contribution < -0.4 is 4.43 Å². The van der Waals surface area contributed by atoms with Crippen molar-refractivity contribution in [3.05, 3.63) is 35.4 Å². The van der Waals surface area contributed by atoms with Crippen LogP contribution in [0.1, 0.15) is 71.9 Å². The molecule has 0 spiro atoms. The van der Waals surface area contributed by atoms with Gasteiger partial charge in [-0.2, -0.15) is 0 Å². The Labute approximate surface area is 214 Å². The molecule has 1 unspecified atom stereocenters. The average molecular weight is 519 g/mol. The summed E-state index contributed by atoms with van der Waals surface area (Å²) in [5, 5.41) is 0.0784. The Morgan fingerprint density at radius 2 is 1.71 bits per heavy atom. The molecule has 0 saturated carbocycles. The zero-order valence-electron chi connectivity index (χ0n) is 23.4. The van der Waals surface area contributed by atoms with Gasteiger partial charge in [0.2, 0.25) is 0 Å². The van der Waals surface area contributed by atoms with E-state index in [1.807, 2.05) is 18.2 Å². The Kier molecular flexibility index (Phi) is 10.1. The molecule has 1 aliphatic carbocycles. The quantitative estimate of drug-likeness (QED) is 0.214. The molecule has 0 aromatic heterocycles. The van der Waals surface area contributed by atoms with E-state index >= 15 is 0 Å². The first-order valence-electron chi connectivity index (χ1n) is 13.1. The van der Waals surface area contributed by atoms with Gasteiger partial charge in [0.25, 0.3) is 8.32 Å². The molecule has 2 rings (SSSR count). The fourth-order valence-corrected chi connectivity index (χ4v) is 8.19. The number of Topliss-reactive ketones (excluding diaryl/α,β-unsaturated/α-hetero) is 1. The van der Waals surface area contributed by atoms with Crippen molar-refractivity contribution in [3.63, 3.8) is 0 Å². The second kappa shape index (κ2) is 12.0. The van der Waals surface area contributed by atoms with Gasteiger partial charge in [0.05, 0.1) is 13.2 Å². The molecular weight excluding hydrogens is 472 g/mol. The molecule has 0 fully saturated rings. The van der Waals surface area contributed by atoms with Gasteiger partial charge >= 0.3 is 5.97 Å². The highest BCUT2D eigenvalue weighted by Crippen LogP contribution is 2.42. The molecule has 1 aromatic carbocycles. The Hall–Kier alpha value is -1.71. The molecular formula is C28H46O5Si2. The molecule has 1 aliphatic rings. The van der Waals surface area contributed by atoms with Gasteiger partial charge in [-0.05, 0) is 60.7 Å². The molecule has 1 aromatic rings. The Morgan fingerprint density at radius 3 is 2.26 bits per heavy atom. The molecule has 5 nitrogen and oxygen atoms in total. The lowest BCUT2D eigenvalue weighted by molar-refractivity contribution is -0.140. The van der Waals surface area contributed by atoms with E-state index in [-0.39, 0.29) is 22.9 Å². The van der Waals surface area contributed by atoms with Gasteiger partial charge < -0.3 is 13.6 Å². The van der Waals surface area contributed by atoms with E-state index in [1.165, 1.54) is 7.11 Å². The summed E-state index contributed by atoms with van der Waals surface area (Å²) < 4.78 is 18.3. The van der Waals surface area contributed by atoms with Crippen LogP contribution in [-0.4, -0.2) is 41.6 Å². The number of carbonyl (C=O) groups is 2. The molecule has 0 aliphatic heterocycles. The van der Waals surface area contributed by atoms with E-state index in [9.17, 15) is 9.59 Å². The van der Waals surface area contributed by atoms with Crippen LogP contribution >= 0.6 is 0 Å². The summed E-state index contributed by atoms with van der Waals surface area (Å²) in [7, 11) is -2.59. The Bertz CT molecular complexity index is 918. The molecule has 0 bridgehead atoms. The second-order valence-electron chi connectivity index (χ2n) is 11.2. The fraction of sp³-hybridized carbons (Fsp3) is 0.643. The smallest absolute Gasteiger partial charge is 0.305 e. The van der Waals surface area contributed by atoms with Crippen LogP contribution in [0.2, 0.25) is 36.3 Å². The largest absolute Gasteiger partial charge is 0.543 e. The SMILES string of the molecule is CC[Si](CC)(CC)Oc1c(CCCC(=O)OC)cccc1C1=CC(O[Si](C)(C)C(C)(C)C)CC1=O. The highest BCUT2D eigenvalue weighted by atomic mass is 28.4. The predicted octanol–water partition coefficient (Wildman–Crippen LogP) is 7.31. The minimum atomic E-state index is -2.01. The van der Waals surface area contributed by atoms with Crippen LogP contribution in [0.5, 0.6) is 5.75 Å². The summed E-state index contributed by atoms with van der Waals surface area (Å²) in [5.74, 6) is 0.742. The first kappa shape index (κ1) is 29.5. The van der Waals surface area contributed by atoms with E-state index in [2.05, 4.69) is 60.7 Å². The van der Waals surface area contributed by atoms with Gasteiger partial charge in [-0.25, -0.2) is 0 Å². The van der Waals surface area contributed by atoms with Crippen LogP contribution in [-0.2, 0) is 25.2 Å². The first-order chi connectivity index (χ1) is 16.3. The van der Waals surface area contributed by atoms with Crippen molar-refractivity contribution in [2.45, 2.75) is 110 Å². The first-order valence-corrected chi connectivity index (χ1v) is 18.6. The number of rotatable bonds is 12. The maximum atomic E-state index is 13.3. The van der Waals surface area contributed by atoms with Gasteiger partial charge in [0.15, 0.2) is 14.1 Å². The molecule has 0 heterocycles. The van der Waals surface area contributed by atoms with Crippen molar-refractivity contribution >= 4 is 34.0 Å². The number of allylic oxidation sites excluding steroid dienone is 1. The van der Waals surface area contributed by atoms with Crippen LogP contribution in [0.4, 0.5) is 0 Å². The van der Waals surface area contributed by atoms with Gasteiger partial charge in [-0.3, -0.25) is 9.59 Å². The summed E-state index contributed by atoms with van der Waals surface area (Å²) in [6.07, 6.45) is 3.95. The summed E-state index contributed by atoms with van der Waals surface area (Å²) in [6.45, 7) is 17.7. The second-order valence-corrected chi connectivity index (χ2v) is 20.6. The van der Waals surface area contributed by atoms with Crippen molar-refractivity contribution in [1.82, 2.24) is 0 Å². The number of benzene rings is 1. The molecule has 35 heavy (non-hydrogen) atoms. The van der Waals surface area contributed by atoms with Crippen molar-refractivity contribution in [3.8, 4) is 5.75 Å². The monoisotopic (exact) mass is 518 g/mol. The number of aryl methyl sites for hydroxylation is 1. The normalized spacial score (nSPS) is 16.9. The number of para-hydroxylation sites is 1.